The van der Waals surface area contributed by atoms with E-state index in [0.717, 1.165) is 50.6 Å². The molecule has 0 spiro atoms. The van der Waals surface area contributed by atoms with Crippen LogP contribution in [0.1, 0.15) is 25.3 Å². The predicted octanol–water partition coefficient (Wildman–Crippen LogP) is 1.45. The van der Waals surface area contributed by atoms with E-state index in [1.54, 1.807) is 13.3 Å². The fraction of sp³-hybridized carbons (Fsp3) is 0.700. The fourth-order valence-corrected chi connectivity index (χ4v) is 3.47. The van der Waals surface area contributed by atoms with Gasteiger partial charge < -0.3 is 29.2 Å². The number of ether oxygens (including phenoxy) is 4. The maximum atomic E-state index is 5.97. The van der Waals surface area contributed by atoms with E-state index in [-0.39, 0.29) is 12.2 Å². The number of hydrogen-bond donors (Lipinski definition) is 1. The van der Waals surface area contributed by atoms with E-state index in [2.05, 4.69) is 22.1 Å². The molecule has 8 heteroatoms. The first-order valence-electron chi connectivity index (χ1n) is 10.1. The summed E-state index contributed by atoms with van der Waals surface area (Å²) in [5.41, 5.74) is 0.956. The van der Waals surface area contributed by atoms with Crippen molar-refractivity contribution >= 4 is 5.96 Å². The van der Waals surface area contributed by atoms with Crippen molar-refractivity contribution in [2.45, 2.75) is 38.5 Å². The molecule has 2 aliphatic heterocycles. The minimum absolute atomic E-state index is 0.103. The summed E-state index contributed by atoms with van der Waals surface area (Å²) in [6.07, 6.45) is 4.22. The zero-order valence-corrected chi connectivity index (χ0v) is 16.9. The summed E-state index contributed by atoms with van der Waals surface area (Å²) in [6, 6.07) is 3.90. The van der Waals surface area contributed by atoms with E-state index in [4.69, 9.17) is 23.9 Å². The minimum Gasteiger partial charge on any atom is -0.475 e. The molecule has 2 unspecified atom stereocenters. The molecule has 156 valence electrons. The zero-order valence-electron chi connectivity index (χ0n) is 16.9. The molecule has 0 bridgehead atoms. The van der Waals surface area contributed by atoms with E-state index < -0.39 is 0 Å². The maximum Gasteiger partial charge on any atom is 0.218 e. The van der Waals surface area contributed by atoms with Crippen molar-refractivity contribution in [1.82, 2.24) is 15.2 Å². The highest BCUT2D eigenvalue weighted by atomic mass is 16.5. The van der Waals surface area contributed by atoms with Crippen LogP contribution in [0.3, 0.4) is 0 Å². The number of guanidine groups is 1. The quantitative estimate of drug-likeness (QED) is 0.408. The molecule has 1 aromatic rings. The second-order valence-corrected chi connectivity index (χ2v) is 6.89. The van der Waals surface area contributed by atoms with Crippen LogP contribution in [-0.2, 0) is 20.8 Å². The Balaban J connectivity index is 1.65. The Hall–Kier alpha value is -1.90. The van der Waals surface area contributed by atoms with Crippen LogP contribution in [-0.4, -0.2) is 81.2 Å². The van der Waals surface area contributed by atoms with Crippen LogP contribution < -0.4 is 10.1 Å². The van der Waals surface area contributed by atoms with E-state index in [0.29, 0.717) is 32.2 Å². The number of nitrogens with zero attached hydrogens (tertiary/aromatic N) is 3. The van der Waals surface area contributed by atoms with Crippen LogP contribution in [0.2, 0.25) is 0 Å². The smallest absolute Gasteiger partial charge is 0.218 e. The molecular formula is C20H32N4O4. The number of nitrogens with one attached hydrogen (secondary N) is 1. The third-order valence-corrected chi connectivity index (χ3v) is 4.88. The molecule has 0 radical (unpaired) electrons. The molecule has 0 aliphatic carbocycles. The van der Waals surface area contributed by atoms with Gasteiger partial charge in [0, 0.05) is 45.1 Å². The highest BCUT2D eigenvalue weighted by Crippen LogP contribution is 2.21. The normalized spacial score (nSPS) is 23.1. The number of pyridine rings is 1. The Morgan fingerprint density at radius 2 is 2.21 bits per heavy atom. The third kappa shape index (κ3) is 5.80. The van der Waals surface area contributed by atoms with Gasteiger partial charge in [-0.05, 0) is 25.8 Å². The van der Waals surface area contributed by atoms with Gasteiger partial charge in [0.05, 0.1) is 25.9 Å². The monoisotopic (exact) mass is 392 g/mol. The first kappa shape index (κ1) is 20.8. The maximum absolute atomic E-state index is 5.97. The Kier molecular flexibility index (Phi) is 8.32. The molecule has 28 heavy (non-hydrogen) atoms. The van der Waals surface area contributed by atoms with Crippen LogP contribution in [0.4, 0.5) is 0 Å². The number of aliphatic imine (C=N–C) groups is 1. The average Bonchev–Trinajstić information content (AvgIpc) is 3.27. The predicted molar refractivity (Wildman–Crippen MR) is 107 cm³/mol. The van der Waals surface area contributed by atoms with E-state index >= 15 is 0 Å². The van der Waals surface area contributed by atoms with Gasteiger partial charge in [-0.15, -0.1) is 0 Å². The molecule has 2 aliphatic rings. The Labute approximate surface area is 167 Å². The zero-order chi connectivity index (χ0) is 19.6. The summed E-state index contributed by atoms with van der Waals surface area (Å²) >= 11 is 0. The number of aromatic nitrogens is 1. The van der Waals surface area contributed by atoms with Crippen molar-refractivity contribution in [3.8, 4) is 5.88 Å². The number of morpholine rings is 1. The van der Waals surface area contributed by atoms with Crippen molar-refractivity contribution < 1.29 is 18.9 Å². The molecule has 2 fully saturated rings. The molecule has 2 atom stereocenters. The van der Waals surface area contributed by atoms with Gasteiger partial charge in [-0.2, -0.15) is 0 Å². The van der Waals surface area contributed by atoms with Crippen molar-refractivity contribution in [3.63, 3.8) is 0 Å². The van der Waals surface area contributed by atoms with Gasteiger partial charge in [-0.1, -0.05) is 6.07 Å². The van der Waals surface area contributed by atoms with Gasteiger partial charge in [0.2, 0.25) is 5.88 Å². The van der Waals surface area contributed by atoms with E-state index in [9.17, 15) is 0 Å². The lowest BCUT2D eigenvalue weighted by Gasteiger charge is -2.37. The highest BCUT2D eigenvalue weighted by Gasteiger charge is 2.32. The van der Waals surface area contributed by atoms with Crippen LogP contribution in [0.5, 0.6) is 5.88 Å². The first-order valence-corrected chi connectivity index (χ1v) is 10.1. The van der Waals surface area contributed by atoms with Gasteiger partial charge in [0.25, 0.3) is 0 Å². The van der Waals surface area contributed by atoms with Gasteiger partial charge in [-0.25, -0.2) is 9.98 Å². The summed E-state index contributed by atoms with van der Waals surface area (Å²) in [5, 5.41) is 3.40. The van der Waals surface area contributed by atoms with Gasteiger partial charge >= 0.3 is 0 Å². The lowest BCUT2D eigenvalue weighted by Crippen LogP contribution is -2.53. The van der Waals surface area contributed by atoms with Gasteiger partial charge in [0.1, 0.15) is 12.7 Å². The topological polar surface area (TPSA) is 77.4 Å². The van der Waals surface area contributed by atoms with Crippen LogP contribution in [0, 0.1) is 0 Å². The van der Waals surface area contributed by atoms with Crippen molar-refractivity contribution in [2.24, 2.45) is 4.99 Å². The summed E-state index contributed by atoms with van der Waals surface area (Å²) < 4.78 is 22.6. The van der Waals surface area contributed by atoms with E-state index in [1.807, 2.05) is 12.1 Å². The molecule has 3 heterocycles. The van der Waals surface area contributed by atoms with Crippen LogP contribution in [0.25, 0.3) is 0 Å². The van der Waals surface area contributed by atoms with Crippen molar-refractivity contribution in [2.75, 3.05) is 53.2 Å². The van der Waals surface area contributed by atoms with Crippen molar-refractivity contribution in [3.05, 3.63) is 23.9 Å². The second kappa shape index (κ2) is 11.2. The molecule has 0 saturated carbocycles. The van der Waals surface area contributed by atoms with Crippen molar-refractivity contribution in [1.29, 1.82) is 0 Å². The first-order chi connectivity index (χ1) is 13.8. The minimum atomic E-state index is 0.103. The molecule has 2 saturated heterocycles. The summed E-state index contributed by atoms with van der Waals surface area (Å²) in [5.74, 6) is 1.50. The second-order valence-electron chi connectivity index (χ2n) is 6.89. The third-order valence-electron chi connectivity index (χ3n) is 4.88. The standard InChI is InChI=1S/C20H32N4O4/c1-3-21-20(24-9-11-27-18(15-24)17-7-5-10-26-17)23-14-16-6-4-8-22-19(16)28-13-12-25-2/h4,6,8,17-18H,3,5,7,9-15H2,1-2H3,(H,21,23). The largest absolute Gasteiger partial charge is 0.475 e. The molecule has 3 rings (SSSR count). The number of rotatable bonds is 8. The fourth-order valence-electron chi connectivity index (χ4n) is 3.47. The average molecular weight is 393 g/mol. The Morgan fingerprint density at radius 3 is 3.00 bits per heavy atom. The van der Waals surface area contributed by atoms with Gasteiger partial charge in [-0.3, -0.25) is 0 Å². The van der Waals surface area contributed by atoms with Crippen LogP contribution >= 0.6 is 0 Å². The summed E-state index contributed by atoms with van der Waals surface area (Å²) in [4.78, 5) is 11.4. The van der Waals surface area contributed by atoms with Gasteiger partial charge in [0.15, 0.2) is 5.96 Å². The highest BCUT2D eigenvalue weighted by molar-refractivity contribution is 5.80. The lowest BCUT2D eigenvalue weighted by molar-refractivity contribution is -0.0817. The molecule has 1 aromatic heterocycles. The van der Waals surface area contributed by atoms with Crippen LogP contribution in [0.15, 0.2) is 23.3 Å². The molecule has 0 aromatic carbocycles. The molecular weight excluding hydrogens is 360 g/mol. The summed E-state index contributed by atoms with van der Waals surface area (Å²) in [7, 11) is 1.65. The SMILES string of the molecule is CCNC(=NCc1cccnc1OCCOC)N1CCOC(C2CCCO2)C1. The Morgan fingerprint density at radius 1 is 1.32 bits per heavy atom. The Bertz CT molecular complexity index is 622. The van der Waals surface area contributed by atoms with E-state index in [1.165, 1.54) is 0 Å². The molecule has 0 amide bonds. The molecule has 8 nitrogen and oxygen atoms in total. The number of hydrogen-bond acceptors (Lipinski definition) is 6. The lowest BCUT2D eigenvalue weighted by atomic mass is 10.1. The molecule has 1 N–H and O–H groups in total. The summed E-state index contributed by atoms with van der Waals surface area (Å²) in [6.45, 7) is 7.53. The number of methoxy groups -OCH3 is 1.